The summed E-state index contributed by atoms with van der Waals surface area (Å²) in [4.78, 5) is 13.1. The van der Waals surface area contributed by atoms with Crippen LogP contribution in [-0.2, 0) is 9.53 Å². The predicted octanol–water partition coefficient (Wildman–Crippen LogP) is 1.41. The number of esters is 1. The molecular formula is C11H22BrNO3. The van der Waals surface area contributed by atoms with E-state index in [4.69, 9.17) is 5.11 Å². The number of rotatable bonds is 8. The number of carbonyl (C=O) groups excluding carboxylic acids is 1. The fraction of sp³-hybridized carbons (Fsp3) is 0.909. The van der Waals surface area contributed by atoms with Crippen LogP contribution in [0, 0.1) is 0 Å². The van der Waals surface area contributed by atoms with Crippen LogP contribution >= 0.6 is 15.9 Å². The number of hydrogen-bond acceptors (Lipinski definition) is 4. The zero-order valence-corrected chi connectivity index (χ0v) is 11.9. The van der Waals surface area contributed by atoms with Crippen molar-refractivity contribution in [3.63, 3.8) is 0 Å². The number of hydrogen-bond donors (Lipinski definition) is 1. The van der Waals surface area contributed by atoms with E-state index >= 15 is 0 Å². The molecule has 0 amide bonds. The minimum absolute atomic E-state index is 0.109. The van der Waals surface area contributed by atoms with E-state index in [0.29, 0.717) is 19.1 Å². The van der Waals surface area contributed by atoms with Gasteiger partial charge in [-0.3, -0.25) is 9.69 Å². The number of halogens is 1. The van der Waals surface area contributed by atoms with Gasteiger partial charge < -0.3 is 9.84 Å². The molecule has 16 heavy (non-hydrogen) atoms. The third kappa shape index (κ3) is 5.27. The summed E-state index contributed by atoms with van der Waals surface area (Å²) in [6.45, 7) is 5.49. The fourth-order valence-corrected chi connectivity index (χ4v) is 2.32. The van der Waals surface area contributed by atoms with E-state index in [1.54, 1.807) is 0 Å². The van der Waals surface area contributed by atoms with E-state index in [-0.39, 0.29) is 17.4 Å². The zero-order chi connectivity index (χ0) is 12.6. The van der Waals surface area contributed by atoms with Crippen molar-refractivity contribution in [3.8, 4) is 0 Å². The lowest BCUT2D eigenvalue weighted by atomic mass is 10.1. The first-order valence-corrected chi connectivity index (χ1v) is 6.58. The first-order valence-electron chi connectivity index (χ1n) is 5.67. The highest BCUT2D eigenvalue weighted by molar-refractivity contribution is 9.10. The molecule has 0 bridgehead atoms. The van der Waals surface area contributed by atoms with Crippen LogP contribution in [0.4, 0.5) is 0 Å². The molecule has 0 aromatic rings. The normalized spacial score (nSPS) is 13.2. The maximum absolute atomic E-state index is 11.3. The minimum Gasteiger partial charge on any atom is -0.468 e. The van der Waals surface area contributed by atoms with Crippen LogP contribution in [0.3, 0.4) is 0 Å². The Morgan fingerprint density at radius 1 is 1.44 bits per heavy atom. The van der Waals surface area contributed by atoms with Gasteiger partial charge in [0.05, 0.1) is 13.7 Å². The highest BCUT2D eigenvalue weighted by Gasteiger charge is 2.22. The van der Waals surface area contributed by atoms with Gasteiger partial charge in [0, 0.05) is 19.1 Å². The Morgan fingerprint density at radius 2 is 2.00 bits per heavy atom. The smallest absolute Gasteiger partial charge is 0.320 e. The van der Waals surface area contributed by atoms with Crippen LogP contribution in [0.5, 0.6) is 0 Å². The van der Waals surface area contributed by atoms with Crippen LogP contribution in [0.2, 0.25) is 0 Å². The van der Waals surface area contributed by atoms with Crippen molar-refractivity contribution in [1.82, 2.24) is 4.90 Å². The summed E-state index contributed by atoms with van der Waals surface area (Å²) in [5.41, 5.74) is 0. The quantitative estimate of drug-likeness (QED) is 0.543. The van der Waals surface area contributed by atoms with Crippen LogP contribution in [0.15, 0.2) is 0 Å². The number of nitrogens with zero attached hydrogens (tertiary/aromatic N) is 1. The molecule has 0 aromatic heterocycles. The molecule has 0 aliphatic carbocycles. The molecule has 0 aliphatic heterocycles. The van der Waals surface area contributed by atoms with Gasteiger partial charge in [-0.05, 0) is 12.8 Å². The summed E-state index contributed by atoms with van der Waals surface area (Å²) in [6, 6.07) is 0.400. The first kappa shape index (κ1) is 15.9. The van der Waals surface area contributed by atoms with Gasteiger partial charge in [-0.2, -0.15) is 0 Å². The SMILES string of the molecule is CCC(CC)N(CCO)CC(Br)C(=O)OC. The Labute approximate surface area is 106 Å². The van der Waals surface area contributed by atoms with Crippen LogP contribution in [0.1, 0.15) is 26.7 Å². The van der Waals surface area contributed by atoms with Crippen LogP contribution in [-0.4, -0.2) is 53.7 Å². The standard InChI is InChI=1S/C11H22BrNO3/c1-4-9(5-2)13(6-7-14)8-10(12)11(15)16-3/h9-10,14H,4-8H2,1-3H3. The Hall–Kier alpha value is -0.130. The molecule has 0 aliphatic rings. The van der Waals surface area contributed by atoms with Crippen molar-refractivity contribution in [2.24, 2.45) is 0 Å². The van der Waals surface area contributed by atoms with Crippen molar-refractivity contribution in [1.29, 1.82) is 0 Å². The van der Waals surface area contributed by atoms with Crippen molar-refractivity contribution in [2.45, 2.75) is 37.6 Å². The minimum atomic E-state index is -0.329. The third-order valence-corrected chi connectivity index (χ3v) is 3.36. The van der Waals surface area contributed by atoms with Crippen LogP contribution < -0.4 is 0 Å². The molecule has 0 fully saturated rings. The zero-order valence-electron chi connectivity index (χ0n) is 10.3. The van der Waals surface area contributed by atoms with Gasteiger partial charge in [-0.15, -0.1) is 0 Å². The summed E-state index contributed by atoms with van der Waals surface area (Å²) in [5.74, 6) is -0.270. The average Bonchev–Trinajstić information content (AvgIpc) is 2.29. The molecular weight excluding hydrogens is 274 g/mol. The molecule has 0 spiro atoms. The summed E-state index contributed by atoms with van der Waals surface area (Å²) < 4.78 is 4.66. The lowest BCUT2D eigenvalue weighted by Crippen LogP contribution is -2.42. The molecule has 0 rings (SSSR count). The molecule has 0 aromatic carbocycles. The van der Waals surface area contributed by atoms with Gasteiger partial charge in [-0.1, -0.05) is 29.8 Å². The number of methoxy groups -OCH3 is 1. The van der Waals surface area contributed by atoms with Crippen molar-refractivity contribution in [2.75, 3.05) is 26.8 Å². The number of carbonyl (C=O) groups is 1. The second-order valence-corrected chi connectivity index (χ2v) is 4.78. The molecule has 1 atom stereocenters. The van der Waals surface area contributed by atoms with E-state index < -0.39 is 0 Å². The Kier molecular flexibility index (Phi) is 8.89. The van der Waals surface area contributed by atoms with E-state index in [1.165, 1.54) is 7.11 Å². The summed E-state index contributed by atoms with van der Waals surface area (Å²) in [6.07, 6.45) is 2.02. The summed E-state index contributed by atoms with van der Waals surface area (Å²) >= 11 is 3.30. The average molecular weight is 296 g/mol. The second kappa shape index (κ2) is 8.96. The van der Waals surface area contributed by atoms with Gasteiger partial charge >= 0.3 is 5.97 Å². The van der Waals surface area contributed by atoms with Crippen molar-refractivity contribution in [3.05, 3.63) is 0 Å². The largest absolute Gasteiger partial charge is 0.468 e. The highest BCUT2D eigenvalue weighted by atomic mass is 79.9. The van der Waals surface area contributed by atoms with Crippen molar-refractivity contribution >= 4 is 21.9 Å². The van der Waals surface area contributed by atoms with Gasteiger partial charge in [-0.25, -0.2) is 0 Å². The van der Waals surface area contributed by atoms with E-state index in [2.05, 4.69) is 39.4 Å². The topological polar surface area (TPSA) is 49.8 Å². The lowest BCUT2D eigenvalue weighted by Gasteiger charge is -2.30. The third-order valence-electron chi connectivity index (χ3n) is 2.70. The molecule has 4 nitrogen and oxygen atoms in total. The second-order valence-electron chi connectivity index (χ2n) is 3.68. The molecule has 5 heteroatoms. The molecule has 96 valence electrons. The fourth-order valence-electron chi connectivity index (χ4n) is 1.76. The molecule has 0 radical (unpaired) electrons. The Bertz CT molecular complexity index is 198. The summed E-state index contributed by atoms with van der Waals surface area (Å²) in [5, 5.41) is 9.01. The molecule has 1 N–H and O–H groups in total. The predicted molar refractivity (Wildman–Crippen MR) is 67.8 cm³/mol. The highest BCUT2D eigenvalue weighted by Crippen LogP contribution is 2.12. The van der Waals surface area contributed by atoms with Gasteiger partial charge in [0.25, 0.3) is 0 Å². The first-order chi connectivity index (χ1) is 7.60. The number of aliphatic hydroxyl groups excluding tert-OH is 1. The summed E-state index contributed by atoms with van der Waals surface area (Å²) in [7, 11) is 1.38. The number of ether oxygens (including phenoxy) is 1. The monoisotopic (exact) mass is 295 g/mol. The molecule has 0 heterocycles. The molecule has 0 saturated carbocycles. The number of aliphatic hydroxyl groups is 1. The van der Waals surface area contributed by atoms with Crippen molar-refractivity contribution < 1.29 is 14.6 Å². The van der Waals surface area contributed by atoms with E-state index in [1.807, 2.05) is 0 Å². The molecule has 0 saturated heterocycles. The Morgan fingerprint density at radius 3 is 2.38 bits per heavy atom. The maximum Gasteiger partial charge on any atom is 0.320 e. The van der Waals surface area contributed by atoms with E-state index in [0.717, 1.165) is 12.8 Å². The number of alkyl halides is 1. The Balaban J connectivity index is 4.36. The van der Waals surface area contributed by atoms with Crippen LogP contribution in [0.25, 0.3) is 0 Å². The lowest BCUT2D eigenvalue weighted by molar-refractivity contribution is -0.140. The maximum atomic E-state index is 11.3. The van der Waals surface area contributed by atoms with Gasteiger partial charge in [0.1, 0.15) is 4.83 Å². The van der Waals surface area contributed by atoms with Gasteiger partial charge in [0.2, 0.25) is 0 Å². The van der Waals surface area contributed by atoms with E-state index in [9.17, 15) is 4.79 Å². The van der Waals surface area contributed by atoms with Gasteiger partial charge in [0.15, 0.2) is 0 Å². The molecule has 1 unspecified atom stereocenters.